The monoisotopic (exact) mass is 291 g/mol. The molecule has 0 heterocycles. The van der Waals surface area contributed by atoms with E-state index in [-0.39, 0.29) is 10.3 Å². The highest BCUT2D eigenvalue weighted by Crippen LogP contribution is 2.29. The summed E-state index contributed by atoms with van der Waals surface area (Å²) < 4.78 is 39.1. The Hall–Kier alpha value is -0.650. The van der Waals surface area contributed by atoms with Gasteiger partial charge in [0, 0.05) is 11.9 Å². The van der Waals surface area contributed by atoms with Crippen LogP contribution >= 0.6 is 11.6 Å². The number of hydrogen-bond acceptors (Lipinski definition) is 2. The minimum atomic E-state index is -3.54. The summed E-state index contributed by atoms with van der Waals surface area (Å²) in [5.74, 6) is -0.155. The van der Waals surface area contributed by atoms with E-state index in [9.17, 15) is 12.8 Å². The third-order valence-corrected chi connectivity index (χ3v) is 5.00. The van der Waals surface area contributed by atoms with Crippen LogP contribution in [0.1, 0.15) is 19.3 Å². The standard InChI is InChI=1S/C12H15ClFNO2S/c13-10-2-1-9(7-10)8-15-18(16,17)12-5-3-11(14)4-6-12/h3-6,9-10,15H,1-2,7-8H2. The summed E-state index contributed by atoms with van der Waals surface area (Å²) in [6.07, 6.45) is 2.72. The van der Waals surface area contributed by atoms with Crippen molar-refractivity contribution < 1.29 is 12.8 Å². The Labute approximate surface area is 111 Å². The lowest BCUT2D eigenvalue weighted by atomic mass is 10.1. The average molecular weight is 292 g/mol. The second kappa shape index (κ2) is 5.55. The Morgan fingerprint density at radius 2 is 1.94 bits per heavy atom. The minimum absolute atomic E-state index is 0.0873. The first kappa shape index (κ1) is 13.8. The Morgan fingerprint density at radius 3 is 2.50 bits per heavy atom. The molecule has 2 unspecified atom stereocenters. The number of nitrogens with one attached hydrogen (secondary N) is 1. The van der Waals surface area contributed by atoms with E-state index in [0.717, 1.165) is 31.4 Å². The largest absolute Gasteiger partial charge is 0.240 e. The molecule has 100 valence electrons. The van der Waals surface area contributed by atoms with E-state index in [0.29, 0.717) is 12.5 Å². The number of halogens is 2. The number of rotatable bonds is 4. The van der Waals surface area contributed by atoms with Gasteiger partial charge in [-0.2, -0.15) is 0 Å². The highest BCUT2D eigenvalue weighted by molar-refractivity contribution is 7.89. The molecule has 2 atom stereocenters. The molecule has 1 N–H and O–H groups in total. The molecule has 0 amide bonds. The van der Waals surface area contributed by atoms with E-state index in [4.69, 9.17) is 11.6 Å². The van der Waals surface area contributed by atoms with Crippen LogP contribution in [0.4, 0.5) is 4.39 Å². The summed E-state index contributed by atoms with van der Waals surface area (Å²) >= 11 is 5.97. The van der Waals surface area contributed by atoms with E-state index < -0.39 is 15.8 Å². The molecule has 0 radical (unpaired) electrons. The average Bonchev–Trinajstić information content (AvgIpc) is 2.73. The lowest BCUT2D eigenvalue weighted by Crippen LogP contribution is -2.28. The lowest BCUT2D eigenvalue weighted by Gasteiger charge is -2.11. The molecule has 1 aliphatic rings. The van der Waals surface area contributed by atoms with E-state index in [1.165, 1.54) is 12.1 Å². The van der Waals surface area contributed by atoms with Crippen molar-refractivity contribution in [3.63, 3.8) is 0 Å². The SMILES string of the molecule is O=S(=O)(NCC1CCC(Cl)C1)c1ccc(F)cc1. The normalized spacial score (nSPS) is 24.3. The number of hydrogen-bond donors (Lipinski definition) is 1. The fourth-order valence-electron chi connectivity index (χ4n) is 2.12. The number of sulfonamides is 1. The second-order valence-corrected chi connectivity index (χ2v) is 6.97. The molecule has 1 saturated carbocycles. The molecular formula is C12H15ClFNO2S. The van der Waals surface area contributed by atoms with Crippen molar-refractivity contribution in [3.8, 4) is 0 Å². The third kappa shape index (κ3) is 3.43. The summed E-state index contributed by atoms with van der Waals surface area (Å²) in [4.78, 5) is 0.0873. The maximum atomic E-state index is 12.7. The van der Waals surface area contributed by atoms with Crippen LogP contribution < -0.4 is 4.72 Å². The first-order valence-corrected chi connectivity index (χ1v) is 7.78. The fourth-order valence-corrected chi connectivity index (χ4v) is 3.62. The molecular weight excluding hydrogens is 277 g/mol. The summed E-state index contributed by atoms with van der Waals surface area (Å²) in [7, 11) is -3.54. The molecule has 0 aromatic heterocycles. The predicted molar refractivity (Wildman–Crippen MR) is 68.6 cm³/mol. The minimum Gasteiger partial charge on any atom is -0.211 e. The van der Waals surface area contributed by atoms with Crippen LogP contribution in [0.2, 0.25) is 0 Å². The summed E-state index contributed by atoms with van der Waals surface area (Å²) in [6, 6.07) is 4.80. The Bertz CT molecular complexity index is 503. The Kier molecular flexibility index (Phi) is 4.25. The summed E-state index contributed by atoms with van der Waals surface area (Å²) in [5.41, 5.74) is 0. The molecule has 6 heteroatoms. The van der Waals surface area contributed by atoms with Gasteiger partial charge in [-0.05, 0) is 49.4 Å². The maximum absolute atomic E-state index is 12.7. The van der Waals surface area contributed by atoms with Gasteiger partial charge in [0.05, 0.1) is 4.90 Å². The van der Waals surface area contributed by atoms with Gasteiger partial charge in [-0.3, -0.25) is 0 Å². The van der Waals surface area contributed by atoms with Crippen LogP contribution in [-0.2, 0) is 10.0 Å². The molecule has 0 aliphatic heterocycles. The van der Waals surface area contributed by atoms with Crippen molar-refractivity contribution in [3.05, 3.63) is 30.1 Å². The van der Waals surface area contributed by atoms with E-state index in [1.54, 1.807) is 0 Å². The highest BCUT2D eigenvalue weighted by atomic mass is 35.5. The number of benzene rings is 1. The molecule has 3 nitrogen and oxygen atoms in total. The summed E-state index contributed by atoms with van der Waals surface area (Å²) in [5, 5.41) is 0.158. The topological polar surface area (TPSA) is 46.2 Å². The van der Waals surface area contributed by atoms with Gasteiger partial charge < -0.3 is 0 Å². The quantitative estimate of drug-likeness (QED) is 0.867. The van der Waals surface area contributed by atoms with Gasteiger partial charge in [0.2, 0.25) is 10.0 Å². The lowest BCUT2D eigenvalue weighted by molar-refractivity contribution is 0.520. The first-order chi connectivity index (χ1) is 8.47. The Balaban J connectivity index is 1.97. The van der Waals surface area contributed by atoms with Crippen LogP contribution in [0.25, 0.3) is 0 Å². The van der Waals surface area contributed by atoms with Crippen LogP contribution in [0, 0.1) is 11.7 Å². The van der Waals surface area contributed by atoms with Gasteiger partial charge in [-0.15, -0.1) is 11.6 Å². The molecule has 2 rings (SSSR count). The molecule has 1 aliphatic carbocycles. The second-order valence-electron chi connectivity index (χ2n) is 4.58. The van der Waals surface area contributed by atoms with Crippen molar-refractivity contribution in [1.82, 2.24) is 4.72 Å². The predicted octanol–water partition coefficient (Wildman–Crippen LogP) is 2.51. The van der Waals surface area contributed by atoms with Crippen molar-refractivity contribution in [2.45, 2.75) is 29.5 Å². The van der Waals surface area contributed by atoms with E-state index in [2.05, 4.69) is 4.72 Å². The van der Waals surface area contributed by atoms with Gasteiger partial charge in [0.1, 0.15) is 5.82 Å². The fraction of sp³-hybridized carbons (Fsp3) is 0.500. The Morgan fingerprint density at radius 1 is 1.28 bits per heavy atom. The molecule has 0 spiro atoms. The summed E-state index contributed by atoms with van der Waals surface area (Å²) in [6.45, 7) is 0.392. The molecule has 0 bridgehead atoms. The molecule has 1 aromatic rings. The van der Waals surface area contributed by atoms with E-state index in [1.807, 2.05) is 0 Å². The molecule has 1 fully saturated rings. The first-order valence-electron chi connectivity index (χ1n) is 5.86. The van der Waals surface area contributed by atoms with Crippen molar-refractivity contribution in [2.75, 3.05) is 6.54 Å². The van der Waals surface area contributed by atoms with Gasteiger partial charge in [-0.1, -0.05) is 0 Å². The van der Waals surface area contributed by atoms with Crippen molar-refractivity contribution >= 4 is 21.6 Å². The molecule has 18 heavy (non-hydrogen) atoms. The van der Waals surface area contributed by atoms with Gasteiger partial charge in [-0.25, -0.2) is 17.5 Å². The van der Waals surface area contributed by atoms with Gasteiger partial charge in [0.15, 0.2) is 0 Å². The van der Waals surface area contributed by atoms with Crippen LogP contribution in [-0.4, -0.2) is 20.3 Å². The highest BCUT2D eigenvalue weighted by Gasteiger charge is 2.24. The van der Waals surface area contributed by atoms with Crippen molar-refractivity contribution in [1.29, 1.82) is 0 Å². The number of alkyl halides is 1. The van der Waals surface area contributed by atoms with Gasteiger partial charge >= 0.3 is 0 Å². The maximum Gasteiger partial charge on any atom is 0.240 e. The zero-order valence-corrected chi connectivity index (χ0v) is 11.3. The molecule has 0 saturated heterocycles. The van der Waals surface area contributed by atoms with Gasteiger partial charge in [0.25, 0.3) is 0 Å². The smallest absolute Gasteiger partial charge is 0.211 e. The van der Waals surface area contributed by atoms with Crippen LogP contribution in [0.3, 0.4) is 0 Å². The molecule has 1 aromatic carbocycles. The van der Waals surface area contributed by atoms with E-state index >= 15 is 0 Å². The van der Waals surface area contributed by atoms with Crippen LogP contribution in [0.5, 0.6) is 0 Å². The third-order valence-electron chi connectivity index (χ3n) is 3.16. The zero-order chi connectivity index (χ0) is 13.2. The van der Waals surface area contributed by atoms with Crippen LogP contribution in [0.15, 0.2) is 29.2 Å². The van der Waals surface area contributed by atoms with Crippen molar-refractivity contribution in [2.24, 2.45) is 5.92 Å². The zero-order valence-electron chi connectivity index (χ0n) is 9.77.